The summed E-state index contributed by atoms with van der Waals surface area (Å²) in [4.78, 5) is 11.7. The molecule has 4 rings (SSSR count). The highest BCUT2D eigenvalue weighted by molar-refractivity contribution is 7.89. The third kappa shape index (κ3) is 5.11. The molecule has 3 aromatic rings. The van der Waals surface area contributed by atoms with Crippen LogP contribution in [0.2, 0.25) is 5.02 Å². The summed E-state index contributed by atoms with van der Waals surface area (Å²) in [6, 6.07) is 10.9. The lowest BCUT2D eigenvalue weighted by atomic mass is 9.87. The van der Waals surface area contributed by atoms with Gasteiger partial charge in [0.1, 0.15) is 5.52 Å². The van der Waals surface area contributed by atoms with Crippen molar-refractivity contribution in [1.82, 2.24) is 19.3 Å². The maximum absolute atomic E-state index is 13.1. The first-order valence-corrected chi connectivity index (χ1v) is 13.3. The molecule has 0 radical (unpaired) electrons. The van der Waals surface area contributed by atoms with E-state index in [2.05, 4.69) is 10.3 Å². The second-order valence-corrected chi connectivity index (χ2v) is 11.8. The molecule has 1 aliphatic carbocycles. The summed E-state index contributed by atoms with van der Waals surface area (Å²) in [5, 5.41) is 17.9. The Balaban J connectivity index is 1.65. The molecule has 2 aromatic carbocycles. The number of nitrogens with zero attached hydrogens (tertiary/aromatic N) is 4. The summed E-state index contributed by atoms with van der Waals surface area (Å²) in [6.07, 6.45) is 4.19. The zero-order valence-corrected chi connectivity index (χ0v) is 20.9. The van der Waals surface area contributed by atoms with Crippen LogP contribution >= 0.6 is 11.6 Å². The molecule has 1 fully saturated rings. The van der Waals surface area contributed by atoms with Crippen LogP contribution in [-0.2, 0) is 28.4 Å². The van der Waals surface area contributed by atoms with E-state index in [1.54, 1.807) is 30.9 Å². The van der Waals surface area contributed by atoms with Crippen LogP contribution in [0.15, 0.2) is 36.4 Å². The van der Waals surface area contributed by atoms with E-state index in [0.29, 0.717) is 28.9 Å². The van der Waals surface area contributed by atoms with Gasteiger partial charge in [-0.2, -0.15) is 0 Å². The van der Waals surface area contributed by atoms with Gasteiger partial charge in [-0.25, -0.2) is 17.4 Å². The third-order valence-corrected chi connectivity index (χ3v) is 9.37. The van der Waals surface area contributed by atoms with Crippen LogP contribution in [0.5, 0.6) is 0 Å². The number of sulfonamides is 1. The number of aliphatic carboxylic acids is 1. The van der Waals surface area contributed by atoms with E-state index in [1.165, 1.54) is 4.31 Å². The van der Waals surface area contributed by atoms with Crippen molar-refractivity contribution < 1.29 is 18.3 Å². The summed E-state index contributed by atoms with van der Waals surface area (Å²) in [7, 11) is -0.0545. The number of carbonyl (C=O) groups is 1. The molecule has 0 aliphatic heterocycles. The van der Waals surface area contributed by atoms with Gasteiger partial charge < -0.3 is 5.11 Å². The van der Waals surface area contributed by atoms with Crippen molar-refractivity contribution in [3.8, 4) is 0 Å². The number of aryl methyl sites for hydroxylation is 1. The van der Waals surface area contributed by atoms with Crippen LogP contribution < -0.4 is 0 Å². The van der Waals surface area contributed by atoms with Gasteiger partial charge in [0.2, 0.25) is 10.0 Å². The Labute approximate surface area is 204 Å². The maximum atomic E-state index is 13.1. The average Bonchev–Trinajstić information content (AvgIpc) is 3.19. The van der Waals surface area contributed by atoms with Gasteiger partial charge in [0.05, 0.1) is 17.2 Å². The maximum Gasteiger partial charge on any atom is 0.304 e. The van der Waals surface area contributed by atoms with E-state index in [9.17, 15) is 18.3 Å². The molecule has 1 atom stereocenters. The molecule has 1 aromatic heterocycles. The molecule has 0 saturated heterocycles. The molecule has 8 nitrogen and oxygen atoms in total. The first kappa shape index (κ1) is 24.6. The van der Waals surface area contributed by atoms with Crippen LogP contribution in [0.25, 0.3) is 11.0 Å². The normalized spacial score (nSPS) is 16.2. The molecule has 1 unspecified atom stereocenters. The summed E-state index contributed by atoms with van der Waals surface area (Å²) in [5.74, 6) is -1.38. The van der Waals surface area contributed by atoms with Gasteiger partial charge in [-0.05, 0) is 47.7 Å². The Morgan fingerprint density at radius 2 is 1.85 bits per heavy atom. The largest absolute Gasteiger partial charge is 0.481 e. The number of carboxylic acid groups (broad SMARTS) is 1. The van der Waals surface area contributed by atoms with Crippen molar-refractivity contribution in [3.05, 3.63) is 58.1 Å². The number of carboxylic acids is 1. The fourth-order valence-corrected chi connectivity index (χ4v) is 6.69. The molecular formula is C24H29ClN4O4S. The van der Waals surface area contributed by atoms with Crippen molar-refractivity contribution in [2.45, 2.75) is 56.2 Å². The zero-order chi connectivity index (χ0) is 24.5. The minimum absolute atomic E-state index is 0.122. The Morgan fingerprint density at radius 3 is 2.56 bits per heavy atom. The molecule has 10 heteroatoms. The van der Waals surface area contributed by atoms with Gasteiger partial charge in [-0.1, -0.05) is 54.3 Å². The second-order valence-electron chi connectivity index (χ2n) is 9.02. The van der Waals surface area contributed by atoms with E-state index < -0.39 is 21.9 Å². The number of fused-ring (bicyclic) bond motifs is 1. The third-order valence-electron chi connectivity index (χ3n) is 6.69. The Bertz CT molecular complexity index is 1300. The van der Waals surface area contributed by atoms with Gasteiger partial charge in [-0.3, -0.25) is 4.79 Å². The molecular weight excluding hydrogens is 476 g/mol. The monoisotopic (exact) mass is 504 g/mol. The number of hydrogen-bond acceptors (Lipinski definition) is 5. The molecule has 182 valence electrons. The highest BCUT2D eigenvalue weighted by atomic mass is 35.5. The molecule has 1 heterocycles. The van der Waals surface area contributed by atoms with Gasteiger partial charge in [-0.15, -0.1) is 5.10 Å². The first-order valence-electron chi connectivity index (χ1n) is 11.4. The predicted molar refractivity (Wildman–Crippen MR) is 131 cm³/mol. The van der Waals surface area contributed by atoms with Gasteiger partial charge in [0, 0.05) is 31.6 Å². The minimum atomic E-state index is -3.44. The molecule has 1 aliphatic rings. The Morgan fingerprint density at radius 1 is 1.18 bits per heavy atom. The topological polar surface area (TPSA) is 105 Å². The minimum Gasteiger partial charge on any atom is -0.481 e. The van der Waals surface area contributed by atoms with Gasteiger partial charge in [0.15, 0.2) is 0 Å². The summed E-state index contributed by atoms with van der Waals surface area (Å²) in [6.45, 7) is 0.133. The highest BCUT2D eigenvalue weighted by Crippen LogP contribution is 2.33. The lowest BCUT2D eigenvalue weighted by Crippen LogP contribution is -2.36. The van der Waals surface area contributed by atoms with Crippen LogP contribution in [-0.4, -0.2) is 51.1 Å². The summed E-state index contributed by atoms with van der Waals surface area (Å²) >= 11 is 6.45. The first-order chi connectivity index (χ1) is 16.2. The van der Waals surface area contributed by atoms with Crippen LogP contribution in [0.3, 0.4) is 0 Å². The number of hydrogen-bond donors (Lipinski definition) is 1. The zero-order valence-electron chi connectivity index (χ0n) is 19.3. The van der Waals surface area contributed by atoms with E-state index in [4.69, 9.17) is 11.6 Å². The molecule has 34 heavy (non-hydrogen) atoms. The van der Waals surface area contributed by atoms with Gasteiger partial charge in [0.25, 0.3) is 0 Å². The number of rotatable bonds is 8. The van der Waals surface area contributed by atoms with E-state index in [0.717, 1.165) is 35.9 Å². The van der Waals surface area contributed by atoms with Crippen molar-refractivity contribution >= 4 is 38.6 Å². The molecule has 0 amide bonds. The lowest BCUT2D eigenvalue weighted by Gasteiger charge is -2.27. The van der Waals surface area contributed by atoms with Crippen molar-refractivity contribution in [3.63, 3.8) is 0 Å². The lowest BCUT2D eigenvalue weighted by molar-refractivity contribution is -0.137. The second kappa shape index (κ2) is 10.0. The van der Waals surface area contributed by atoms with Crippen LogP contribution in [0, 0.1) is 0 Å². The fourth-order valence-electron chi connectivity index (χ4n) is 4.76. The number of benzene rings is 2. The molecule has 1 N–H and O–H groups in total. The summed E-state index contributed by atoms with van der Waals surface area (Å²) < 4.78 is 29.2. The fraction of sp³-hybridized carbons (Fsp3) is 0.458. The molecule has 1 saturated carbocycles. The average molecular weight is 505 g/mol. The quantitative estimate of drug-likeness (QED) is 0.489. The van der Waals surface area contributed by atoms with E-state index >= 15 is 0 Å². The van der Waals surface area contributed by atoms with Crippen molar-refractivity contribution in [2.75, 3.05) is 7.05 Å². The van der Waals surface area contributed by atoms with E-state index in [-0.39, 0.29) is 18.2 Å². The number of halogens is 1. The van der Waals surface area contributed by atoms with E-state index in [1.807, 2.05) is 24.3 Å². The standard InChI is InChI=1S/C24H29ClN4O4S/c1-28(34(32,33)19-6-4-3-5-7-19)15-18-12-16(8-10-21(18)25)20(14-24(30)31)17-9-11-23-22(13-17)26-27-29(23)2/h8-13,19-20H,3-7,14-15H2,1-2H3,(H,30,31). The smallest absolute Gasteiger partial charge is 0.304 e. The van der Waals surface area contributed by atoms with Crippen LogP contribution in [0.4, 0.5) is 0 Å². The predicted octanol–water partition coefficient (Wildman–Crippen LogP) is 4.32. The highest BCUT2D eigenvalue weighted by Gasteiger charge is 2.31. The van der Waals surface area contributed by atoms with Crippen molar-refractivity contribution in [1.29, 1.82) is 0 Å². The summed E-state index contributed by atoms with van der Waals surface area (Å²) in [5.41, 5.74) is 3.74. The van der Waals surface area contributed by atoms with Crippen LogP contribution in [0.1, 0.15) is 61.1 Å². The molecule has 0 spiro atoms. The Kier molecular flexibility index (Phi) is 7.25. The molecule has 0 bridgehead atoms. The SMILES string of the molecule is CN(Cc1cc(C(CC(=O)O)c2ccc3c(c2)nnn3C)ccc1Cl)S(=O)(=O)C1CCCCC1. The van der Waals surface area contributed by atoms with Crippen molar-refractivity contribution in [2.24, 2.45) is 7.05 Å². The van der Waals surface area contributed by atoms with Gasteiger partial charge >= 0.3 is 5.97 Å². The Hall–Kier alpha value is -2.49. The number of aromatic nitrogens is 3.